The number of pyridine rings is 1. The van der Waals surface area contributed by atoms with Crippen molar-refractivity contribution in [2.75, 3.05) is 0 Å². The van der Waals surface area contributed by atoms with E-state index < -0.39 is 0 Å². The van der Waals surface area contributed by atoms with Crippen LogP contribution in [0, 0.1) is 0 Å². The molecular weight excluding hydrogens is 607 g/mol. The molecule has 0 bridgehead atoms. The topological polar surface area (TPSA) is 38.7 Å². The molecule has 0 radical (unpaired) electrons. The van der Waals surface area contributed by atoms with Crippen LogP contribution in [0.2, 0.25) is 0 Å². The lowest BCUT2D eigenvalue weighted by Gasteiger charge is -2.14. The van der Waals surface area contributed by atoms with Gasteiger partial charge in [0.25, 0.3) is 0 Å². The molecule has 0 atom stereocenters. The highest BCUT2D eigenvalue weighted by molar-refractivity contribution is 6.06. The Morgan fingerprint density at radius 2 is 0.780 bits per heavy atom. The summed E-state index contributed by atoms with van der Waals surface area (Å²) in [6, 6.07) is 63.9. The lowest BCUT2D eigenvalue weighted by atomic mass is 9.90. The van der Waals surface area contributed by atoms with Gasteiger partial charge in [0.1, 0.15) is 0 Å². The molecule has 0 aliphatic rings. The monoisotopic (exact) mass is 637 g/mol. The Hall–Kier alpha value is -6.71. The average molecular weight is 638 g/mol. The maximum Gasteiger partial charge on any atom is 0.160 e. The highest BCUT2D eigenvalue weighted by Crippen LogP contribution is 2.38. The lowest BCUT2D eigenvalue weighted by Crippen LogP contribution is -1.95. The fraction of sp³-hybridized carbons (Fsp3) is 0. The Kier molecular flexibility index (Phi) is 7.49. The van der Waals surface area contributed by atoms with Gasteiger partial charge in [-0.2, -0.15) is 0 Å². The standard InChI is InChI=1S/C47H31N3/c1-3-11-35(12-4-1)43-31-44(50-47(49-43)39-13-5-2-6-14-39)36-28-26-33(27-29-36)41-20-8-16-37-15-7-19-40(45(37)41)32-22-24-34(25-23-32)42-21-9-17-38-18-10-30-48-46(38)42/h1-31H. The van der Waals surface area contributed by atoms with Gasteiger partial charge in [0.05, 0.1) is 16.9 Å². The molecule has 0 amide bonds. The molecule has 0 aliphatic heterocycles. The number of fused-ring (bicyclic) bond motifs is 2. The van der Waals surface area contributed by atoms with Crippen LogP contribution in [-0.4, -0.2) is 15.0 Å². The Bertz CT molecular complexity index is 2540. The van der Waals surface area contributed by atoms with Gasteiger partial charge >= 0.3 is 0 Å². The molecule has 3 heteroatoms. The van der Waals surface area contributed by atoms with Crippen molar-refractivity contribution in [3.63, 3.8) is 0 Å². The normalized spacial score (nSPS) is 11.2. The zero-order chi connectivity index (χ0) is 33.3. The molecule has 2 aromatic heterocycles. The predicted octanol–water partition coefficient (Wildman–Crippen LogP) is 12.2. The van der Waals surface area contributed by atoms with Crippen LogP contribution in [0.4, 0.5) is 0 Å². The first-order valence-corrected chi connectivity index (χ1v) is 16.9. The fourth-order valence-electron chi connectivity index (χ4n) is 6.88. The minimum atomic E-state index is 0.715. The summed E-state index contributed by atoms with van der Waals surface area (Å²) in [5, 5.41) is 3.59. The van der Waals surface area contributed by atoms with Crippen LogP contribution in [0.15, 0.2) is 188 Å². The van der Waals surface area contributed by atoms with Gasteiger partial charge in [-0.05, 0) is 50.7 Å². The summed E-state index contributed by atoms with van der Waals surface area (Å²) in [5.41, 5.74) is 13.0. The van der Waals surface area contributed by atoms with E-state index in [2.05, 4.69) is 145 Å². The molecule has 3 nitrogen and oxygen atoms in total. The van der Waals surface area contributed by atoms with E-state index in [1.165, 1.54) is 27.5 Å². The second-order valence-electron chi connectivity index (χ2n) is 12.4. The average Bonchev–Trinajstić information content (AvgIpc) is 3.21. The molecule has 7 aromatic carbocycles. The number of para-hydroxylation sites is 1. The van der Waals surface area contributed by atoms with Crippen LogP contribution >= 0.6 is 0 Å². The fourth-order valence-corrected chi connectivity index (χ4v) is 6.88. The Balaban J connectivity index is 1.10. The van der Waals surface area contributed by atoms with Crippen LogP contribution in [0.5, 0.6) is 0 Å². The third kappa shape index (κ3) is 5.51. The summed E-state index contributed by atoms with van der Waals surface area (Å²) in [7, 11) is 0. The van der Waals surface area contributed by atoms with Crippen LogP contribution in [0.1, 0.15) is 0 Å². The molecular formula is C47H31N3. The van der Waals surface area contributed by atoms with Crippen molar-refractivity contribution in [2.24, 2.45) is 0 Å². The largest absolute Gasteiger partial charge is 0.256 e. The van der Waals surface area contributed by atoms with E-state index in [1.54, 1.807) is 0 Å². The smallest absolute Gasteiger partial charge is 0.160 e. The van der Waals surface area contributed by atoms with E-state index in [1.807, 2.05) is 48.7 Å². The number of aromatic nitrogens is 3. The highest BCUT2D eigenvalue weighted by Gasteiger charge is 2.14. The van der Waals surface area contributed by atoms with Gasteiger partial charge < -0.3 is 0 Å². The third-order valence-electron chi connectivity index (χ3n) is 9.36. The van der Waals surface area contributed by atoms with Crippen molar-refractivity contribution in [2.45, 2.75) is 0 Å². The van der Waals surface area contributed by atoms with Crippen molar-refractivity contribution >= 4 is 21.7 Å². The molecule has 0 N–H and O–H groups in total. The van der Waals surface area contributed by atoms with Gasteiger partial charge in [0.2, 0.25) is 0 Å². The number of nitrogens with zero attached hydrogens (tertiary/aromatic N) is 3. The molecule has 234 valence electrons. The molecule has 50 heavy (non-hydrogen) atoms. The van der Waals surface area contributed by atoms with Gasteiger partial charge in [-0.25, -0.2) is 9.97 Å². The SMILES string of the molecule is c1ccc(-c2cc(-c3ccc(-c4cccc5cccc(-c6ccc(-c7cccc8cccnc78)cc6)c45)cc3)nc(-c3ccccc3)n2)cc1. The summed E-state index contributed by atoms with van der Waals surface area (Å²) in [6.45, 7) is 0. The second-order valence-corrected chi connectivity index (χ2v) is 12.4. The van der Waals surface area contributed by atoms with E-state index in [0.29, 0.717) is 5.82 Å². The molecule has 2 heterocycles. The first-order valence-electron chi connectivity index (χ1n) is 16.9. The predicted molar refractivity (Wildman–Crippen MR) is 207 cm³/mol. The van der Waals surface area contributed by atoms with E-state index in [4.69, 9.17) is 9.97 Å². The van der Waals surface area contributed by atoms with Crippen LogP contribution in [0.3, 0.4) is 0 Å². The Morgan fingerprint density at radius 3 is 1.38 bits per heavy atom. The maximum atomic E-state index is 5.04. The maximum absolute atomic E-state index is 5.04. The number of hydrogen-bond donors (Lipinski definition) is 0. The Morgan fingerprint density at radius 1 is 0.320 bits per heavy atom. The lowest BCUT2D eigenvalue weighted by molar-refractivity contribution is 1.18. The Labute approximate surface area is 291 Å². The quantitative estimate of drug-likeness (QED) is 0.182. The van der Waals surface area contributed by atoms with Gasteiger partial charge in [-0.1, -0.05) is 170 Å². The highest BCUT2D eigenvalue weighted by atomic mass is 14.9. The molecule has 0 unspecified atom stereocenters. The molecule has 0 fully saturated rings. The van der Waals surface area contributed by atoms with Gasteiger partial charge in [-0.3, -0.25) is 4.98 Å². The summed E-state index contributed by atoms with van der Waals surface area (Å²) in [6.07, 6.45) is 1.86. The summed E-state index contributed by atoms with van der Waals surface area (Å²) < 4.78 is 0. The van der Waals surface area contributed by atoms with Crippen molar-refractivity contribution in [3.8, 4) is 67.3 Å². The van der Waals surface area contributed by atoms with Crippen molar-refractivity contribution in [1.82, 2.24) is 15.0 Å². The minimum absolute atomic E-state index is 0.715. The van der Waals surface area contributed by atoms with E-state index in [0.717, 1.165) is 55.7 Å². The van der Waals surface area contributed by atoms with Crippen LogP contribution in [-0.2, 0) is 0 Å². The first-order chi connectivity index (χ1) is 24.8. The number of benzene rings is 7. The first kappa shape index (κ1) is 29.4. The van der Waals surface area contributed by atoms with Gasteiger partial charge in [0, 0.05) is 33.8 Å². The van der Waals surface area contributed by atoms with Crippen molar-refractivity contribution in [3.05, 3.63) is 188 Å². The van der Waals surface area contributed by atoms with Crippen LogP contribution in [0.25, 0.3) is 89.0 Å². The van der Waals surface area contributed by atoms with E-state index >= 15 is 0 Å². The molecule has 9 rings (SSSR count). The third-order valence-corrected chi connectivity index (χ3v) is 9.36. The van der Waals surface area contributed by atoms with Gasteiger partial charge in [0.15, 0.2) is 5.82 Å². The van der Waals surface area contributed by atoms with Gasteiger partial charge in [-0.15, -0.1) is 0 Å². The minimum Gasteiger partial charge on any atom is -0.256 e. The summed E-state index contributed by atoms with van der Waals surface area (Å²) in [5.74, 6) is 0.715. The number of rotatable bonds is 6. The molecule has 0 saturated heterocycles. The second kappa shape index (κ2) is 12.7. The van der Waals surface area contributed by atoms with E-state index in [-0.39, 0.29) is 0 Å². The van der Waals surface area contributed by atoms with Crippen LogP contribution < -0.4 is 0 Å². The zero-order valence-corrected chi connectivity index (χ0v) is 27.2. The zero-order valence-electron chi connectivity index (χ0n) is 27.2. The number of hydrogen-bond acceptors (Lipinski definition) is 3. The molecule has 0 aliphatic carbocycles. The summed E-state index contributed by atoms with van der Waals surface area (Å²) >= 11 is 0. The molecule has 9 aromatic rings. The van der Waals surface area contributed by atoms with Crippen molar-refractivity contribution < 1.29 is 0 Å². The molecule has 0 saturated carbocycles. The van der Waals surface area contributed by atoms with Crippen molar-refractivity contribution in [1.29, 1.82) is 0 Å². The van der Waals surface area contributed by atoms with E-state index in [9.17, 15) is 0 Å². The summed E-state index contributed by atoms with van der Waals surface area (Å²) in [4.78, 5) is 14.7. The molecule has 0 spiro atoms.